The van der Waals surface area contributed by atoms with E-state index >= 15 is 0 Å². The van der Waals surface area contributed by atoms with E-state index < -0.39 is 0 Å². The molecule has 0 aliphatic carbocycles. The Morgan fingerprint density at radius 2 is 2.17 bits per heavy atom. The summed E-state index contributed by atoms with van der Waals surface area (Å²) in [5, 5.41) is 3.50. The number of anilines is 1. The van der Waals surface area contributed by atoms with Gasteiger partial charge in [0.25, 0.3) is 0 Å². The largest absolute Gasteiger partial charge is 0.367 e. The highest BCUT2D eigenvalue weighted by molar-refractivity contribution is 5.57. The minimum Gasteiger partial charge on any atom is -0.367 e. The summed E-state index contributed by atoms with van der Waals surface area (Å²) in [6.07, 6.45) is 3.74. The Morgan fingerprint density at radius 1 is 1.33 bits per heavy atom. The fourth-order valence-electron chi connectivity index (χ4n) is 2.92. The number of rotatable bonds is 5. The molecule has 2 nitrogen and oxygen atoms in total. The maximum Gasteiger partial charge on any atom is 0.0412 e. The molecule has 2 rings (SSSR count). The van der Waals surface area contributed by atoms with Crippen LogP contribution in [0.5, 0.6) is 0 Å². The van der Waals surface area contributed by atoms with Crippen LogP contribution in [0.4, 0.5) is 5.69 Å². The van der Waals surface area contributed by atoms with Crippen LogP contribution in [0.2, 0.25) is 0 Å². The SMILES string of the molecule is CCNCC(CC)N1CCCc2cc(C)ccc21. The van der Waals surface area contributed by atoms with Gasteiger partial charge in [0, 0.05) is 24.8 Å². The van der Waals surface area contributed by atoms with E-state index in [4.69, 9.17) is 0 Å². The summed E-state index contributed by atoms with van der Waals surface area (Å²) in [7, 11) is 0. The van der Waals surface area contributed by atoms with Crippen LogP contribution in [0.3, 0.4) is 0 Å². The molecule has 0 aromatic heterocycles. The Labute approximate surface area is 111 Å². The number of hydrogen-bond acceptors (Lipinski definition) is 2. The van der Waals surface area contributed by atoms with Crippen molar-refractivity contribution < 1.29 is 0 Å². The zero-order valence-corrected chi connectivity index (χ0v) is 12.0. The number of hydrogen-bond donors (Lipinski definition) is 1. The topological polar surface area (TPSA) is 15.3 Å². The Morgan fingerprint density at radius 3 is 2.89 bits per heavy atom. The summed E-state index contributed by atoms with van der Waals surface area (Å²) in [6, 6.07) is 7.56. The minimum absolute atomic E-state index is 0.631. The lowest BCUT2D eigenvalue weighted by Gasteiger charge is -2.38. The van der Waals surface area contributed by atoms with Crippen LogP contribution < -0.4 is 10.2 Å². The third-order valence-corrected chi connectivity index (χ3v) is 3.93. The van der Waals surface area contributed by atoms with Crippen LogP contribution in [-0.4, -0.2) is 25.7 Å². The van der Waals surface area contributed by atoms with E-state index in [9.17, 15) is 0 Å². The van der Waals surface area contributed by atoms with Crippen molar-refractivity contribution in [2.75, 3.05) is 24.5 Å². The standard InChI is InChI=1S/C16H26N2/c1-4-15(12-17-5-2)18-10-6-7-14-11-13(3)8-9-16(14)18/h8-9,11,15,17H,4-7,10,12H2,1-3H3. The predicted octanol–water partition coefficient (Wildman–Crippen LogP) is 3.14. The Hall–Kier alpha value is -1.02. The van der Waals surface area contributed by atoms with Crippen molar-refractivity contribution in [2.45, 2.75) is 46.1 Å². The average molecular weight is 246 g/mol. The fraction of sp³-hybridized carbons (Fsp3) is 0.625. The molecule has 100 valence electrons. The van der Waals surface area contributed by atoms with Gasteiger partial charge in [-0.15, -0.1) is 0 Å². The summed E-state index contributed by atoms with van der Waals surface area (Å²) < 4.78 is 0. The second kappa shape index (κ2) is 6.24. The molecule has 1 aliphatic heterocycles. The molecular formula is C16H26N2. The molecule has 1 atom stereocenters. The van der Waals surface area contributed by atoms with Gasteiger partial charge in [0.15, 0.2) is 0 Å². The number of fused-ring (bicyclic) bond motifs is 1. The monoisotopic (exact) mass is 246 g/mol. The van der Waals surface area contributed by atoms with Gasteiger partial charge in [-0.1, -0.05) is 31.5 Å². The fourth-order valence-corrected chi connectivity index (χ4v) is 2.92. The van der Waals surface area contributed by atoms with E-state index in [1.165, 1.54) is 42.6 Å². The number of likely N-dealkylation sites (N-methyl/N-ethyl adjacent to an activating group) is 1. The van der Waals surface area contributed by atoms with Crippen LogP contribution in [0.1, 0.15) is 37.8 Å². The molecule has 2 heteroatoms. The number of nitrogens with one attached hydrogen (secondary N) is 1. The van der Waals surface area contributed by atoms with Gasteiger partial charge >= 0.3 is 0 Å². The van der Waals surface area contributed by atoms with E-state index in [-0.39, 0.29) is 0 Å². The molecule has 1 aliphatic rings. The van der Waals surface area contributed by atoms with Crippen molar-refractivity contribution in [1.29, 1.82) is 0 Å². The summed E-state index contributed by atoms with van der Waals surface area (Å²) >= 11 is 0. The molecule has 1 aromatic carbocycles. The van der Waals surface area contributed by atoms with E-state index in [2.05, 4.69) is 49.2 Å². The van der Waals surface area contributed by atoms with Gasteiger partial charge in [-0.2, -0.15) is 0 Å². The third kappa shape index (κ3) is 2.86. The average Bonchev–Trinajstić information content (AvgIpc) is 2.39. The number of nitrogens with zero attached hydrogens (tertiary/aromatic N) is 1. The Kier molecular flexibility index (Phi) is 4.65. The quantitative estimate of drug-likeness (QED) is 0.858. The molecule has 0 saturated heterocycles. The van der Waals surface area contributed by atoms with Gasteiger partial charge < -0.3 is 10.2 Å². The van der Waals surface area contributed by atoms with Crippen LogP contribution >= 0.6 is 0 Å². The van der Waals surface area contributed by atoms with Crippen molar-refractivity contribution >= 4 is 5.69 Å². The van der Waals surface area contributed by atoms with Gasteiger partial charge in [-0.3, -0.25) is 0 Å². The van der Waals surface area contributed by atoms with Crippen molar-refractivity contribution in [3.05, 3.63) is 29.3 Å². The molecule has 1 unspecified atom stereocenters. The summed E-state index contributed by atoms with van der Waals surface area (Å²) in [6.45, 7) is 10.0. The van der Waals surface area contributed by atoms with Gasteiger partial charge in [0.05, 0.1) is 0 Å². The molecule has 1 heterocycles. The van der Waals surface area contributed by atoms with Gasteiger partial charge in [-0.25, -0.2) is 0 Å². The first kappa shape index (κ1) is 13.4. The van der Waals surface area contributed by atoms with Crippen LogP contribution in [0.15, 0.2) is 18.2 Å². The summed E-state index contributed by atoms with van der Waals surface area (Å²) in [4.78, 5) is 2.61. The lowest BCUT2D eigenvalue weighted by Crippen LogP contribution is -2.44. The number of aryl methyl sites for hydroxylation is 2. The highest BCUT2D eigenvalue weighted by atomic mass is 15.2. The highest BCUT2D eigenvalue weighted by Crippen LogP contribution is 2.30. The lowest BCUT2D eigenvalue weighted by atomic mass is 9.97. The summed E-state index contributed by atoms with van der Waals surface area (Å²) in [5.74, 6) is 0. The third-order valence-electron chi connectivity index (χ3n) is 3.93. The molecule has 0 spiro atoms. The van der Waals surface area contributed by atoms with E-state index in [0.717, 1.165) is 13.1 Å². The smallest absolute Gasteiger partial charge is 0.0412 e. The van der Waals surface area contributed by atoms with Gasteiger partial charge in [-0.05, 0) is 44.4 Å². The van der Waals surface area contributed by atoms with Crippen molar-refractivity contribution in [1.82, 2.24) is 5.32 Å². The molecule has 18 heavy (non-hydrogen) atoms. The molecule has 0 amide bonds. The normalized spacial score (nSPS) is 16.5. The maximum absolute atomic E-state index is 3.50. The maximum atomic E-state index is 3.50. The molecule has 0 radical (unpaired) electrons. The molecule has 1 aromatic rings. The van der Waals surface area contributed by atoms with Crippen molar-refractivity contribution in [3.8, 4) is 0 Å². The summed E-state index contributed by atoms with van der Waals surface area (Å²) in [5.41, 5.74) is 4.39. The molecular weight excluding hydrogens is 220 g/mol. The zero-order chi connectivity index (χ0) is 13.0. The second-order valence-corrected chi connectivity index (χ2v) is 5.30. The highest BCUT2D eigenvalue weighted by Gasteiger charge is 2.22. The van der Waals surface area contributed by atoms with E-state index in [1.807, 2.05) is 0 Å². The van der Waals surface area contributed by atoms with Gasteiger partial charge in [0.2, 0.25) is 0 Å². The number of benzene rings is 1. The molecule has 0 saturated carbocycles. The predicted molar refractivity (Wildman–Crippen MR) is 79.5 cm³/mol. The molecule has 0 fully saturated rings. The molecule has 1 N–H and O–H groups in total. The minimum atomic E-state index is 0.631. The van der Waals surface area contributed by atoms with Crippen molar-refractivity contribution in [3.63, 3.8) is 0 Å². The molecule has 0 bridgehead atoms. The Balaban J connectivity index is 2.20. The lowest BCUT2D eigenvalue weighted by molar-refractivity contribution is 0.510. The van der Waals surface area contributed by atoms with E-state index in [1.54, 1.807) is 0 Å². The first-order valence-electron chi connectivity index (χ1n) is 7.33. The Bertz CT molecular complexity index is 387. The first-order valence-corrected chi connectivity index (χ1v) is 7.33. The van der Waals surface area contributed by atoms with E-state index in [0.29, 0.717) is 6.04 Å². The second-order valence-electron chi connectivity index (χ2n) is 5.30. The van der Waals surface area contributed by atoms with Crippen LogP contribution in [-0.2, 0) is 6.42 Å². The van der Waals surface area contributed by atoms with Crippen LogP contribution in [0.25, 0.3) is 0 Å². The first-order chi connectivity index (χ1) is 8.76. The van der Waals surface area contributed by atoms with Gasteiger partial charge in [0.1, 0.15) is 0 Å². The van der Waals surface area contributed by atoms with Crippen molar-refractivity contribution in [2.24, 2.45) is 0 Å². The zero-order valence-electron chi connectivity index (χ0n) is 12.0. The van der Waals surface area contributed by atoms with Crippen LogP contribution in [0, 0.1) is 6.92 Å².